The first-order chi connectivity index (χ1) is 13.4. The van der Waals surface area contributed by atoms with Gasteiger partial charge in [0.15, 0.2) is 0 Å². The Morgan fingerprint density at radius 3 is 2.46 bits per heavy atom. The summed E-state index contributed by atoms with van der Waals surface area (Å²) in [6.45, 7) is 3.92. The number of allylic oxidation sites excluding steroid dienone is 1. The molecule has 1 atom stereocenters. The molecule has 28 heavy (non-hydrogen) atoms. The summed E-state index contributed by atoms with van der Waals surface area (Å²) < 4.78 is 16.6. The summed E-state index contributed by atoms with van der Waals surface area (Å²) in [6, 6.07) is 4.22. The number of hydrogen-bond donors (Lipinski definition) is 2. The molecule has 1 fully saturated rings. The molecule has 1 aliphatic heterocycles. The lowest BCUT2D eigenvalue weighted by Gasteiger charge is -2.31. The Labute approximate surface area is 165 Å². The lowest BCUT2D eigenvalue weighted by atomic mass is 9.88. The largest absolute Gasteiger partial charge is 0.497 e. The highest BCUT2D eigenvalue weighted by Crippen LogP contribution is 2.36. The van der Waals surface area contributed by atoms with Crippen LogP contribution in [0.5, 0.6) is 11.5 Å². The maximum Gasteiger partial charge on any atom is 0.338 e. The standard InChI is InChI=1S/C21H28N2O5/c1-12-5-7-14(8-6-12)28-20(24)18-13(2)22-21(25)23-19(18)16-11-15(26-3)9-10-17(16)27-4/h9-12,14,19H,5-8H2,1-4H3,(H2,22,23,25). The number of rotatable bonds is 5. The second kappa shape index (κ2) is 8.54. The molecule has 1 aromatic carbocycles. The third-order valence-electron chi connectivity index (χ3n) is 5.47. The van der Waals surface area contributed by atoms with Crippen molar-refractivity contribution in [1.82, 2.24) is 10.6 Å². The van der Waals surface area contributed by atoms with E-state index >= 15 is 0 Å². The van der Waals surface area contributed by atoms with Gasteiger partial charge in [-0.3, -0.25) is 0 Å². The average molecular weight is 388 g/mol. The van der Waals surface area contributed by atoms with Crippen LogP contribution in [-0.4, -0.2) is 32.3 Å². The first-order valence-corrected chi connectivity index (χ1v) is 9.64. The average Bonchev–Trinajstić information content (AvgIpc) is 2.68. The zero-order valence-electron chi connectivity index (χ0n) is 16.8. The molecule has 2 N–H and O–H groups in total. The van der Waals surface area contributed by atoms with Gasteiger partial charge >= 0.3 is 12.0 Å². The molecular weight excluding hydrogens is 360 g/mol. The van der Waals surface area contributed by atoms with Crippen LogP contribution in [-0.2, 0) is 9.53 Å². The van der Waals surface area contributed by atoms with Crippen molar-refractivity contribution >= 4 is 12.0 Å². The van der Waals surface area contributed by atoms with Crippen LogP contribution < -0.4 is 20.1 Å². The highest BCUT2D eigenvalue weighted by Gasteiger charge is 2.35. The van der Waals surface area contributed by atoms with Gasteiger partial charge < -0.3 is 24.8 Å². The molecule has 7 nitrogen and oxygen atoms in total. The van der Waals surface area contributed by atoms with E-state index in [0.717, 1.165) is 25.7 Å². The zero-order chi connectivity index (χ0) is 20.3. The summed E-state index contributed by atoms with van der Waals surface area (Å²) in [5, 5.41) is 5.50. The predicted molar refractivity (Wildman–Crippen MR) is 104 cm³/mol. The molecule has 1 heterocycles. The Morgan fingerprint density at radius 1 is 1.11 bits per heavy atom. The van der Waals surface area contributed by atoms with Crippen LogP contribution in [0.25, 0.3) is 0 Å². The maximum atomic E-state index is 13.1. The van der Waals surface area contributed by atoms with Crippen molar-refractivity contribution in [2.75, 3.05) is 14.2 Å². The molecule has 0 aromatic heterocycles. The molecule has 0 bridgehead atoms. The van der Waals surface area contributed by atoms with Gasteiger partial charge in [-0.25, -0.2) is 9.59 Å². The number of carbonyl (C=O) groups is 2. The second-order valence-corrected chi connectivity index (χ2v) is 7.47. The molecule has 3 rings (SSSR count). The van der Waals surface area contributed by atoms with Gasteiger partial charge in [0.05, 0.1) is 25.8 Å². The quantitative estimate of drug-likeness (QED) is 0.755. The molecule has 0 spiro atoms. The van der Waals surface area contributed by atoms with E-state index < -0.39 is 12.0 Å². The number of amides is 2. The van der Waals surface area contributed by atoms with E-state index in [1.165, 1.54) is 0 Å². The molecule has 1 unspecified atom stereocenters. The first kappa shape index (κ1) is 20.0. The monoisotopic (exact) mass is 388 g/mol. The summed E-state index contributed by atoms with van der Waals surface area (Å²) in [7, 11) is 3.11. The lowest BCUT2D eigenvalue weighted by Crippen LogP contribution is -2.45. The van der Waals surface area contributed by atoms with Crippen LogP contribution in [0, 0.1) is 5.92 Å². The van der Waals surface area contributed by atoms with Gasteiger partial charge in [0, 0.05) is 11.3 Å². The van der Waals surface area contributed by atoms with Crippen LogP contribution >= 0.6 is 0 Å². The van der Waals surface area contributed by atoms with Crippen LogP contribution in [0.1, 0.15) is 51.1 Å². The number of benzene rings is 1. The molecule has 1 aliphatic carbocycles. The van der Waals surface area contributed by atoms with Crippen LogP contribution in [0.3, 0.4) is 0 Å². The van der Waals surface area contributed by atoms with Crippen molar-refractivity contribution in [3.8, 4) is 11.5 Å². The van der Waals surface area contributed by atoms with Gasteiger partial charge in [0.25, 0.3) is 0 Å². The number of carbonyl (C=O) groups excluding carboxylic acids is 2. The second-order valence-electron chi connectivity index (χ2n) is 7.47. The van der Waals surface area contributed by atoms with Crippen LogP contribution in [0.2, 0.25) is 0 Å². The van der Waals surface area contributed by atoms with Crippen LogP contribution in [0.4, 0.5) is 4.79 Å². The number of hydrogen-bond acceptors (Lipinski definition) is 5. The Morgan fingerprint density at radius 2 is 1.82 bits per heavy atom. The summed E-state index contributed by atoms with van der Waals surface area (Å²) in [6.07, 6.45) is 3.75. The first-order valence-electron chi connectivity index (χ1n) is 9.64. The fourth-order valence-corrected chi connectivity index (χ4v) is 3.82. The van der Waals surface area contributed by atoms with Crippen molar-refractivity contribution < 1.29 is 23.8 Å². The van der Waals surface area contributed by atoms with E-state index in [9.17, 15) is 9.59 Å². The van der Waals surface area contributed by atoms with Crippen molar-refractivity contribution in [3.05, 3.63) is 35.0 Å². The Hall–Kier alpha value is -2.70. The maximum absolute atomic E-state index is 13.1. The summed E-state index contributed by atoms with van der Waals surface area (Å²) in [5.41, 5.74) is 1.50. The summed E-state index contributed by atoms with van der Waals surface area (Å²) in [5.74, 6) is 1.41. The van der Waals surface area contributed by atoms with E-state index in [1.54, 1.807) is 39.3 Å². The lowest BCUT2D eigenvalue weighted by molar-refractivity contribution is -0.146. The molecule has 0 radical (unpaired) electrons. The molecule has 0 saturated heterocycles. The SMILES string of the molecule is COc1ccc(OC)c(C2NC(=O)NC(C)=C2C(=O)OC2CCC(C)CC2)c1. The minimum absolute atomic E-state index is 0.0884. The minimum Gasteiger partial charge on any atom is -0.497 e. The van der Waals surface area contributed by atoms with Gasteiger partial charge in [-0.05, 0) is 56.7 Å². The Kier molecular flexibility index (Phi) is 6.11. The number of urea groups is 1. The van der Waals surface area contributed by atoms with Crippen molar-refractivity contribution in [1.29, 1.82) is 0 Å². The van der Waals surface area contributed by atoms with E-state index in [1.807, 2.05) is 0 Å². The highest BCUT2D eigenvalue weighted by molar-refractivity contribution is 5.95. The fourth-order valence-electron chi connectivity index (χ4n) is 3.82. The van der Waals surface area contributed by atoms with Crippen molar-refractivity contribution in [2.24, 2.45) is 5.92 Å². The molecule has 7 heteroatoms. The van der Waals surface area contributed by atoms with Gasteiger partial charge in [0.1, 0.15) is 17.6 Å². The minimum atomic E-state index is -0.686. The molecule has 2 amide bonds. The highest BCUT2D eigenvalue weighted by atomic mass is 16.5. The normalized spacial score (nSPS) is 24.9. The Bertz CT molecular complexity index is 781. The topological polar surface area (TPSA) is 85.9 Å². The summed E-state index contributed by atoms with van der Waals surface area (Å²) in [4.78, 5) is 25.2. The summed E-state index contributed by atoms with van der Waals surface area (Å²) >= 11 is 0. The Balaban J connectivity index is 1.92. The molecule has 2 aliphatic rings. The van der Waals surface area contributed by atoms with Crippen LogP contribution in [0.15, 0.2) is 29.5 Å². The third-order valence-corrected chi connectivity index (χ3v) is 5.47. The number of esters is 1. The smallest absolute Gasteiger partial charge is 0.338 e. The molecule has 1 aromatic rings. The fraction of sp³-hybridized carbons (Fsp3) is 0.524. The van der Waals surface area contributed by atoms with Gasteiger partial charge in [0.2, 0.25) is 0 Å². The number of methoxy groups -OCH3 is 2. The molecule has 1 saturated carbocycles. The predicted octanol–water partition coefficient (Wildman–Crippen LogP) is 3.45. The van der Waals surface area contributed by atoms with Crippen molar-refractivity contribution in [2.45, 2.75) is 51.7 Å². The molecule has 152 valence electrons. The molecular formula is C21H28N2O5. The van der Waals surface area contributed by atoms with Crippen molar-refractivity contribution in [3.63, 3.8) is 0 Å². The number of nitrogens with one attached hydrogen (secondary N) is 2. The zero-order valence-corrected chi connectivity index (χ0v) is 16.8. The third kappa shape index (κ3) is 4.24. The van der Waals surface area contributed by atoms with E-state index in [0.29, 0.717) is 34.3 Å². The van der Waals surface area contributed by atoms with Gasteiger partial charge in [-0.2, -0.15) is 0 Å². The van der Waals surface area contributed by atoms with E-state index in [4.69, 9.17) is 14.2 Å². The van der Waals surface area contributed by atoms with E-state index in [-0.39, 0.29) is 12.1 Å². The number of ether oxygens (including phenoxy) is 3. The van der Waals surface area contributed by atoms with Gasteiger partial charge in [-0.1, -0.05) is 6.92 Å². The van der Waals surface area contributed by atoms with E-state index in [2.05, 4.69) is 17.6 Å². The van der Waals surface area contributed by atoms with Gasteiger partial charge in [-0.15, -0.1) is 0 Å².